The minimum absolute atomic E-state index is 0.202. The summed E-state index contributed by atoms with van der Waals surface area (Å²) in [5.41, 5.74) is 1.12. The van der Waals surface area contributed by atoms with E-state index in [0.29, 0.717) is 12.8 Å². The highest BCUT2D eigenvalue weighted by atomic mass is 16.5. The third kappa shape index (κ3) is 5.92. The lowest BCUT2D eigenvalue weighted by molar-refractivity contribution is -0.135. The fraction of sp³-hybridized carbons (Fsp3) is 0.357. The van der Waals surface area contributed by atoms with Gasteiger partial charge in [-0.2, -0.15) is 0 Å². The van der Waals surface area contributed by atoms with Crippen LogP contribution in [0.5, 0.6) is 0 Å². The number of carbonyl (C=O) groups is 1. The summed E-state index contributed by atoms with van der Waals surface area (Å²) in [6.45, 7) is 1.86. The van der Waals surface area contributed by atoms with Crippen LogP contribution in [0.4, 0.5) is 0 Å². The lowest BCUT2D eigenvalue weighted by atomic mass is 10.1. The Morgan fingerprint density at radius 3 is 2.79 bits per heavy atom. The molecule has 5 heteroatoms. The molecule has 0 saturated carbocycles. The smallest absolute Gasteiger partial charge is 0.375 e. The van der Waals surface area contributed by atoms with Crippen LogP contribution in [-0.2, 0) is 16.0 Å². The first kappa shape index (κ1) is 15.0. The van der Waals surface area contributed by atoms with Crippen LogP contribution in [0.1, 0.15) is 18.9 Å². The molecule has 0 spiro atoms. The number of hydrogen-bond donors (Lipinski definition) is 2. The van der Waals surface area contributed by atoms with Crippen LogP contribution in [0.25, 0.3) is 0 Å². The maximum Gasteiger partial charge on any atom is 0.375 e. The van der Waals surface area contributed by atoms with E-state index in [1.165, 1.54) is 6.21 Å². The zero-order valence-electron chi connectivity index (χ0n) is 10.9. The number of aliphatic hydroxyl groups excluding tert-OH is 1. The number of aryl methyl sites for hydroxylation is 1. The highest BCUT2D eigenvalue weighted by molar-refractivity contribution is 6.35. The summed E-state index contributed by atoms with van der Waals surface area (Å²) >= 11 is 0. The Labute approximate surface area is 112 Å². The topological polar surface area (TPSA) is 82.7 Å². The number of nitrogens with zero attached hydrogens (tertiary/aromatic N) is 1. The lowest BCUT2D eigenvalue weighted by Crippen LogP contribution is -2.17. The maximum atomic E-state index is 11.1. The number of rotatable bonds is 5. The van der Waals surface area contributed by atoms with E-state index in [0.717, 1.165) is 5.56 Å². The molecule has 0 unspecified atom stereocenters. The molecule has 1 aromatic carbocycles. The number of benzene rings is 1. The SMILES string of the molecule is CCOC(=O)C(=N)N=C[C@H](O)CCc1ccccc1. The molecule has 0 radical (unpaired) electrons. The molecule has 1 rings (SSSR count). The van der Waals surface area contributed by atoms with Crippen LogP contribution in [-0.4, -0.2) is 35.8 Å². The molecule has 0 heterocycles. The Bertz CT molecular complexity index is 443. The molecular weight excluding hydrogens is 244 g/mol. The molecule has 5 nitrogen and oxygen atoms in total. The molecule has 0 aliphatic carbocycles. The average Bonchev–Trinajstić information content (AvgIpc) is 2.43. The van der Waals surface area contributed by atoms with Crippen molar-refractivity contribution in [1.82, 2.24) is 0 Å². The summed E-state index contributed by atoms with van der Waals surface area (Å²) in [5, 5.41) is 17.0. The van der Waals surface area contributed by atoms with Crippen molar-refractivity contribution in [2.24, 2.45) is 4.99 Å². The van der Waals surface area contributed by atoms with Crippen LogP contribution in [0.3, 0.4) is 0 Å². The number of hydrogen-bond acceptors (Lipinski definition) is 4. The van der Waals surface area contributed by atoms with E-state index in [9.17, 15) is 9.90 Å². The fourth-order valence-electron chi connectivity index (χ4n) is 1.45. The van der Waals surface area contributed by atoms with Crippen molar-refractivity contribution < 1.29 is 14.6 Å². The van der Waals surface area contributed by atoms with E-state index >= 15 is 0 Å². The number of carbonyl (C=O) groups excluding carboxylic acids is 1. The Balaban J connectivity index is 2.36. The molecule has 0 aliphatic heterocycles. The van der Waals surface area contributed by atoms with Crippen molar-refractivity contribution in [2.75, 3.05) is 6.61 Å². The second-order valence-corrected chi connectivity index (χ2v) is 3.94. The third-order valence-electron chi connectivity index (χ3n) is 2.42. The molecular formula is C14H18N2O3. The van der Waals surface area contributed by atoms with Gasteiger partial charge in [0.05, 0.1) is 12.7 Å². The third-order valence-corrected chi connectivity index (χ3v) is 2.42. The zero-order valence-corrected chi connectivity index (χ0v) is 10.9. The van der Waals surface area contributed by atoms with Gasteiger partial charge < -0.3 is 9.84 Å². The van der Waals surface area contributed by atoms with Gasteiger partial charge >= 0.3 is 5.97 Å². The molecule has 19 heavy (non-hydrogen) atoms. The van der Waals surface area contributed by atoms with Gasteiger partial charge in [0.25, 0.3) is 0 Å². The van der Waals surface area contributed by atoms with Crippen molar-refractivity contribution in [1.29, 1.82) is 5.41 Å². The molecule has 0 aromatic heterocycles. The number of amidine groups is 1. The maximum absolute atomic E-state index is 11.1. The largest absolute Gasteiger partial charge is 0.460 e. The molecule has 1 atom stereocenters. The normalized spacial score (nSPS) is 12.3. The van der Waals surface area contributed by atoms with Gasteiger partial charge in [-0.3, -0.25) is 5.41 Å². The summed E-state index contributed by atoms with van der Waals surface area (Å²) in [7, 11) is 0. The standard InChI is InChI=1S/C14H18N2O3/c1-2-19-14(18)13(15)16-10-12(17)9-8-11-6-4-3-5-7-11/h3-7,10,12,15,17H,2,8-9H2,1H3/t12-/m1/s1. The Hall–Kier alpha value is -2.01. The Morgan fingerprint density at radius 2 is 2.16 bits per heavy atom. The van der Waals surface area contributed by atoms with Crippen molar-refractivity contribution in [2.45, 2.75) is 25.9 Å². The molecule has 0 aliphatic rings. The van der Waals surface area contributed by atoms with Crippen molar-refractivity contribution in [3.63, 3.8) is 0 Å². The first-order valence-corrected chi connectivity index (χ1v) is 6.15. The molecule has 102 valence electrons. The summed E-state index contributed by atoms with van der Waals surface area (Å²) in [5.74, 6) is -1.28. The first-order valence-electron chi connectivity index (χ1n) is 6.15. The predicted molar refractivity (Wildman–Crippen MR) is 73.6 cm³/mol. The van der Waals surface area contributed by atoms with Crippen molar-refractivity contribution >= 4 is 18.0 Å². The lowest BCUT2D eigenvalue weighted by Gasteiger charge is -2.05. The molecule has 0 fully saturated rings. The van der Waals surface area contributed by atoms with Crippen molar-refractivity contribution in [3.05, 3.63) is 35.9 Å². The van der Waals surface area contributed by atoms with E-state index in [1.807, 2.05) is 30.3 Å². The fourth-order valence-corrected chi connectivity index (χ4v) is 1.45. The summed E-state index contributed by atoms with van der Waals surface area (Å²) in [6, 6.07) is 9.76. The van der Waals surface area contributed by atoms with Gasteiger partial charge in [0.2, 0.25) is 5.84 Å². The number of nitrogens with one attached hydrogen (secondary N) is 1. The van der Waals surface area contributed by atoms with Gasteiger partial charge in [0.1, 0.15) is 0 Å². The second-order valence-electron chi connectivity index (χ2n) is 3.94. The van der Waals surface area contributed by atoms with Crippen LogP contribution in [0, 0.1) is 5.41 Å². The Morgan fingerprint density at radius 1 is 1.47 bits per heavy atom. The molecule has 0 bridgehead atoms. The number of esters is 1. The monoisotopic (exact) mass is 262 g/mol. The van der Waals surface area contributed by atoms with E-state index in [4.69, 9.17) is 5.41 Å². The number of aliphatic hydroxyl groups is 1. The van der Waals surface area contributed by atoms with Gasteiger partial charge in [0.15, 0.2) is 0 Å². The van der Waals surface area contributed by atoms with Crippen LogP contribution in [0.15, 0.2) is 35.3 Å². The predicted octanol–water partition coefficient (Wildman–Crippen LogP) is 1.59. The summed E-state index contributed by atoms with van der Waals surface area (Å²) < 4.78 is 4.61. The highest BCUT2D eigenvalue weighted by Gasteiger charge is 2.08. The van der Waals surface area contributed by atoms with Crippen LogP contribution in [0.2, 0.25) is 0 Å². The molecule has 0 amide bonds. The van der Waals surface area contributed by atoms with E-state index in [2.05, 4.69) is 9.73 Å². The molecule has 0 saturated heterocycles. The molecule has 2 N–H and O–H groups in total. The molecule has 1 aromatic rings. The number of ether oxygens (including phenoxy) is 1. The minimum Gasteiger partial charge on any atom is -0.460 e. The van der Waals surface area contributed by atoms with Gasteiger partial charge in [-0.1, -0.05) is 30.3 Å². The van der Waals surface area contributed by atoms with Crippen molar-refractivity contribution in [3.8, 4) is 0 Å². The quantitative estimate of drug-likeness (QED) is 0.480. The number of aliphatic imine (C=N–C) groups is 1. The second kappa shape index (κ2) is 8.16. The van der Waals surface area contributed by atoms with E-state index in [1.54, 1.807) is 6.92 Å². The van der Waals surface area contributed by atoms with E-state index in [-0.39, 0.29) is 6.61 Å². The van der Waals surface area contributed by atoms with Gasteiger partial charge in [-0.25, -0.2) is 9.79 Å². The van der Waals surface area contributed by atoms with Gasteiger partial charge in [0, 0.05) is 6.21 Å². The van der Waals surface area contributed by atoms with Gasteiger partial charge in [-0.15, -0.1) is 0 Å². The van der Waals surface area contributed by atoms with Gasteiger partial charge in [-0.05, 0) is 25.3 Å². The van der Waals surface area contributed by atoms with Crippen LogP contribution < -0.4 is 0 Å². The summed E-state index contributed by atoms with van der Waals surface area (Å²) in [4.78, 5) is 14.7. The average molecular weight is 262 g/mol. The van der Waals surface area contributed by atoms with E-state index < -0.39 is 17.9 Å². The summed E-state index contributed by atoms with van der Waals surface area (Å²) in [6.07, 6.45) is 1.61. The zero-order chi connectivity index (χ0) is 14.1. The first-order chi connectivity index (χ1) is 9.13. The minimum atomic E-state index is -0.783. The van der Waals surface area contributed by atoms with Crippen LogP contribution >= 0.6 is 0 Å². The Kier molecular flexibility index (Phi) is 6.46. The highest BCUT2D eigenvalue weighted by Crippen LogP contribution is 2.04.